The Morgan fingerprint density at radius 2 is 1.83 bits per heavy atom. The number of ether oxygens (including phenoxy) is 1. The average molecular weight is 330 g/mol. The van der Waals surface area contributed by atoms with Crippen LogP contribution in [-0.2, 0) is 9.59 Å². The van der Waals surface area contributed by atoms with E-state index in [1.54, 1.807) is 11.9 Å². The van der Waals surface area contributed by atoms with Crippen molar-refractivity contribution < 1.29 is 14.3 Å². The maximum absolute atomic E-state index is 12.6. The van der Waals surface area contributed by atoms with Crippen LogP contribution in [0.25, 0.3) is 0 Å². The first kappa shape index (κ1) is 16.8. The number of hydrogen-bond donors (Lipinski definition) is 0. The summed E-state index contributed by atoms with van der Waals surface area (Å²) in [5.41, 5.74) is 0. The molecule has 5 heteroatoms. The summed E-state index contributed by atoms with van der Waals surface area (Å²) in [4.78, 5) is 28.1. The molecule has 24 heavy (non-hydrogen) atoms. The quantitative estimate of drug-likeness (QED) is 0.850. The minimum absolute atomic E-state index is 0.0887. The van der Waals surface area contributed by atoms with Gasteiger partial charge in [-0.1, -0.05) is 18.2 Å². The Balaban J connectivity index is 1.43. The number of carbonyl (C=O) groups is 2. The van der Waals surface area contributed by atoms with Crippen molar-refractivity contribution in [2.75, 3.05) is 33.3 Å². The molecule has 2 aliphatic rings. The minimum Gasteiger partial charge on any atom is -0.493 e. The fourth-order valence-electron chi connectivity index (χ4n) is 3.46. The molecular weight excluding hydrogens is 304 g/mol. The van der Waals surface area contributed by atoms with Gasteiger partial charge < -0.3 is 14.5 Å². The summed E-state index contributed by atoms with van der Waals surface area (Å²) in [5.74, 6) is 1.53. The Hall–Kier alpha value is -2.04. The second kappa shape index (κ2) is 7.69. The third kappa shape index (κ3) is 4.08. The molecule has 1 aromatic rings. The molecule has 2 aliphatic heterocycles. The SMILES string of the molecule is CN1CC[C@@H](C(=O)N2CCC(COc3ccccc3)CC2)CC1=O. The van der Waals surface area contributed by atoms with E-state index in [2.05, 4.69) is 0 Å². The van der Waals surface area contributed by atoms with E-state index >= 15 is 0 Å². The highest BCUT2D eigenvalue weighted by atomic mass is 16.5. The van der Waals surface area contributed by atoms with Gasteiger partial charge in [0.1, 0.15) is 5.75 Å². The smallest absolute Gasteiger partial charge is 0.226 e. The molecule has 2 saturated heterocycles. The molecule has 1 aromatic carbocycles. The van der Waals surface area contributed by atoms with Crippen molar-refractivity contribution in [3.8, 4) is 5.75 Å². The molecule has 3 rings (SSSR count). The maximum atomic E-state index is 12.6. The Labute approximate surface area is 143 Å². The highest BCUT2D eigenvalue weighted by molar-refractivity contribution is 5.86. The van der Waals surface area contributed by atoms with Crippen molar-refractivity contribution in [3.05, 3.63) is 30.3 Å². The van der Waals surface area contributed by atoms with E-state index in [1.807, 2.05) is 35.2 Å². The maximum Gasteiger partial charge on any atom is 0.226 e. The van der Waals surface area contributed by atoms with Crippen molar-refractivity contribution in [2.45, 2.75) is 25.7 Å². The normalized spacial score (nSPS) is 22.5. The Kier molecular flexibility index (Phi) is 5.38. The van der Waals surface area contributed by atoms with Gasteiger partial charge in [-0.25, -0.2) is 0 Å². The second-order valence-electron chi connectivity index (χ2n) is 6.90. The summed E-state index contributed by atoms with van der Waals surface area (Å²) in [6, 6.07) is 9.86. The standard InChI is InChI=1S/C19H26N2O3/c1-20-10-9-16(13-18(20)22)19(23)21-11-7-15(8-12-21)14-24-17-5-3-2-4-6-17/h2-6,15-16H,7-14H2,1H3/t16-/m1/s1. The third-order valence-corrected chi connectivity index (χ3v) is 5.16. The molecule has 0 N–H and O–H groups in total. The van der Waals surface area contributed by atoms with Crippen LogP contribution in [0.4, 0.5) is 0 Å². The summed E-state index contributed by atoms with van der Waals surface area (Å²) >= 11 is 0. The lowest BCUT2D eigenvalue weighted by Gasteiger charge is -2.36. The van der Waals surface area contributed by atoms with Gasteiger partial charge in [0.2, 0.25) is 11.8 Å². The van der Waals surface area contributed by atoms with E-state index in [1.165, 1.54) is 0 Å². The van der Waals surface area contributed by atoms with Gasteiger partial charge in [-0.15, -0.1) is 0 Å². The molecule has 130 valence electrons. The number of nitrogens with zero attached hydrogens (tertiary/aromatic N) is 2. The van der Waals surface area contributed by atoms with Crippen LogP contribution in [0.5, 0.6) is 5.75 Å². The van der Waals surface area contributed by atoms with Gasteiger partial charge in [-0.05, 0) is 37.3 Å². The van der Waals surface area contributed by atoms with E-state index in [-0.39, 0.29) is 17.7 Å². The molecule has 0 radical (unpaired) electrons. The van der Waals surface area contributed by atoms with Gasteiger partial charge in [0, 0.05) is 39.0 Å². The van der Waals surface area contributed by atoms with Gasteiger partial charge in [-0.3, -0.25) is 9.59 Å². The number of likely N-dealkylation sites (tertiary alicyclic amines) is 2. The van der Waals surface area contributed by atoms with E-state index in [4.69, 9.17) is 4.74 Å². The Morgan fingerprint density at radius 3 is 2.50 bits per heavy atom. The molecule has 5 nitrogen and oxygen atoms in total. The molecule has 2 fully saturated rings. The lowest BCUT2D eigenvalue weighted by atomic mass is 9.92. The van der Waals surface area contributed by atoms with Gasteiger partial charge in [0.25, 0.3) is 0 Å². The first-order chi connectivity index (χ1) is 11.6. The number of hydrogen-bond acceptors (Lipinski definition) is 3. The predicted octanol–water partition coefficient (Wildman–Crippen LogP) is 2.17. The number of amides is 2. The topological polar surface area (TPSA) is 49.9 Å². The van der Waals surface area contributed by atoms with Gasteiger partial charge in [0.15, 0.2) is 0 Å². The van der Waals surface area contributed by atoms with Crippen LogP contribution in [0, 0.1) is 11.8 Å². The van der Waals surface area contributed by atoms with Crippen LogP contribution in [-0.4, -0.2) is 54.9 Å². The number of rotatable bonds is 4. The highest BCUT2D eigenvalue weighted by Gasteiger charge is 2.33. The highest BCUT2D eigenvalue weighted by Crippen LogP contribution is 2.24. The van der Waals surface area contributed by atoms with E-state index < -0.39 is 0 Å². The Bertz CT molecular complexity index is 567. The first-order valence-electron chi connectivity index (χ1n) is 8.84. The molecule has 0 bridgehead atoms. The van der Waals surface area contributed by atoms with Crippen molar-refractivity contribution in [1.82, 2.24) is 9.80 Å². The summed E-state index contributed by atoms with van der Waals surface area (Å²) in [6.45, 7) is 2.96. The van der Waals surface area contributed by atoms with E-state index in [9.17, 15) is 9.59 Å². The third-order valence-electron chi connectivity index (χ3n) is 5.16. The molecule has 0 aromatic heterocycles. The second-order valence-corrected chi connectivity index (χ2v) is 6.90. The number of piperidine rings is 2. The van der Waals surface area contributed by atoms with E-state index in [0.29, 0.717) is 25.5 Å². The van der Waals surface area contributed by atoms with Crippen molar-refractivity contribution >= 4 is 11.8 Å². The minimum atomic E-state index is -0.120. The summed E-state index contributed by atoms with van der Waals surface area (Å²) in [5, 5.41) is 0. The van der Waals surface area contributed by atoms with Crippen LogP contribution in [0.2, 0.25) is 0 Å². The first-order valence-corrected chi connectivity index (χ1v) is 8.84. The molecule has 0 aliphatic carbocycles. The van der Waals surface area contributed by atoms with Crippen LogP contribution in [0.3, 0.4) is 0 Å². The molecule has 0 saturated carbocycles. The molecule has 2 amide bonds. The van der Waals surface area contributed by atoms with E-state index in [0.717, 1.165) is 38.1 Å². The number of benzene rings is 1. The van der Waals surface area contributed by atoms with Gasteiger partial charge >= 0.3 is 0 Å². The number of carbonyl (C=O) groups excluding carboxylic acids is 2. The van der Waals surface area contributed by atoms with Crippen LogP contribution in [0.15, 0.2) is 30.3 Å². The van der Waals surface area contributed by atoms with Gasteiger partial charge in [-0.2, -0.15) is 0 Å². The monoisotopic (exact) mass is 330 g/mol. The fourth-order valence-corrected chi connectivity index (χ4v) is 3.46. The lowest BCUT2D eigenvalue weighted by Crippen LogP contribution is -2.46. The lowest BCUT2D eigenvalue weighted by molar-refractivity contribution is -0.145. The van der Waals surface area contributed by atoms with Crippen LogP contribution >= 0.6 is 0 Å². The summed E-state index contributed by atoms with van der Waals surface area (Å²) < 4.78 is 5.83. The predicted molar refractivity (Wildman–Crippen MR) is 91.6 cm³/mol. The largest absolute Gasteiger partial charge is 0.493 e. The zero-order chi connectivity index (χ0) is 16.9. The molecular formula is C19H26N2O3. The van der Waals surface area contributed by atoms with Crippen molar-refractivity contribution in [3.63, 3.8) is 0 Å². The zero-order valence-electron chi connectivity index (χ0n) is 14.3. The molecule has 1 atom stereocenters. The molecule has 0 unspecified atom stereocenters. The molecule has 2 heterocycles. The Morgan fingerprint density at radius 1 is 1.12 bits per heavy atom. The summed E-state index contributed by atoms with van der Waals surface area (Å²) in [7, 11) is 1.81. The zero-order valence-corrected chi connectivity index (χ0v) is 14.3. The fraction of sp³-hybridized carbons (Fsp3) is 0.579. The average Bonchev–Trinajstić information content (AvgIpc) is 2.63. The summed E-state index contributed by atoms with van der Waals surface area (Å²) in [6.07, 6.45) is 3.10. The molecule has 0 spiro atoms. The van der Waals surface area contributed by atoms with Crippen molar-refractivity contribution in [1.29, 1.82) is 0 Å². The van der Waals surface area contributed by atoms with Crippen molar-refractivity contribution in [2.24, 2.45) is 11.8 Å². The van der Waals surface area contributed by atoms with Crippen LogP contribution in [0.1, 0.15) is 25.7 Å². The number of para-hydroxylation sites is 1. The van der Waals surface area contributed by atoms with Gasteiger partial charge in [0.05, 0.1) is 6.61 Å². The van der Waals surface area contributed by atoms with Crippen LogP contribution < -0.4 is 4.74 Å².